The van der Waals surface area contributed by atoms with Crippen LogP contribution in [0.25, 0.3) is 0 Å². The van der Waals surface area contributed by atoms with E-state index in [9.17, 15) is 8.78 Å². The van der Waals surface area contributed by atoms with Crippen LogP contribution >= 0.6 is 0 Å². The first-order valence-electron chi connectivity index (χ1n) is 6.62. The van der Waals surface area contributed by atoms with Crippen molar-refractivity contribution in [1.82, 2.24) is 20.1 Å². The predicted molar refractivity (Wildman–Crippen MR) is 74.0 cm³/mol. The molecule has 0 aliphatic heterocycles. The van der Waals surface area contributed by atoms with Gasteiger partial charge in [0.2, 0.25) is 0 Å². The third-order valence-corrected chi connectivity index (χ3v) is 3.22. The summed E-state index contributed by atoms with van der Waals surface area (Å²) >= 11 is 0. The highest BCUT2D eigenvalue weighted by Crippen LogP contribution is 2.22. The summed E-state index contributed by atoms with van der Waals surface area (Å²) in [5, 5.41) is 11.2. The van der Waals surface area contributed by atoms with Gasteiger partial charge in [0, 0.05) is 13.1 Å². The molecule has 5 nitrogen and oxygen atoms in total. The molecular weight excluding hydrogens is 278 g/mol. The van der Waals surface area contributed by atoms with E-state index in [1.54, 1.807) is 18.5 Å². The van der Waals surface area contributed by atoms with Gasteiger partial charge in [-0.15, -0.1) is 10.2 Å². The van der Waals surface area contributed by atoms with Crippen molar-refractivity contribution in [2.24, 2.45) is 7.05 Å². The van der Waals surface area contributed by atoms with Crippen LogP contribution in [0, 0.1) is 0 Å². The lowest BCUT2D eigenvalue weighted by Gasteiger charge is -2.20. The van der Waals surface area contributed by atoms with Crippen molar-refractivity contribution in [1.29, 1.82) is 0 Å². The molecule has 0 amide bonds. The summed E-state index contributed by atoms with van der Waals surface area (Å²) in [5.74, 6) is 0.962. The highest BCUT2D eigenvalue weighted by Gasteiger charge is 2.15. The Hall–Kier alpha value is -2.02. The molecule has 0 saturated carbocycles. The topological polar surface area (TPSA) is 52.0 Å². The number of hydrogen-bond acceptors (Lipinski definition) is 4. The Bertz CT molecular complexity index is 588. The molecule has 1 aromatic carbocycles. The average molecular weight is 296 g/mol. The second-order valence-corrected chi connectivity index (χ2v) is 4.86. The second-order valence-electron chi connectivity index (χ2n) is 4.86. The van der Waals surface area contributed by atoms with Crippen molar-refractivity contribution < 1.29 is 13.5 Å². The van der Waals surface area contributed by atoms with Crippen LogP contribution < -0.4 is 10.1 Å². The lowest BCUT2D eigenvalue weighted by Crippen LogP contribution is -2.24. The van der Waals surface area contributed by atoms with E-state index in [2.05, 4.69) is 20.3 Å². The Morgan fingerprint density at radius 3 is 2.62 bits per heavy atom. The fourth-order valence-electron chi connectivity index (χ4n) is 2.19. The summed E-state index contributed by atoms with van der Waals surface area (Å²) in [4.78, 5) is 0. The zero-order valence-corrected chi connectivity index (χ0v) is 12.1. The monoisotopic (exact) mass is 296 g/mol. The van der Waals surface area contributed by atoms with Gasteiger partial charge in [0.15, 0.2) is 0 Å². The molecule has 21 heavy (non-hydrogen) atoms. The molecule has 0 bridgehead atoms. The van der Waals surface area contributed by atoms with Gasteiger partial charge in [-0.2, -0.15) is 8.78 Å². The minimum absolute atomic E-state index is 0.0211. The number of alkyl halides is 2. The first-order valence-corrected chi connectivity index (χ1v) is 6.62. The summed E-state index contributed by atoms with van der Waals surface area (Å²) in [6.45, 7) is 1.11. The van der Waals surface area contributed by atoms with Crippen molar-refractivity contribution in [3.63, 3.8) is 0 Å². The zero-order valence-electron chi connectivity index (χ0n) is 12.1. The number of halogens is 2. The number of aromatic nitrogens is 3. The van der Waals surface area contributed by atoms with Crippen LogP contribution in [-0.2, 0) is 7.05 Å². The Morgan fingerprint density at radius 1 is 1.24 bits per heavy atom. The van der Waals surface area contributed by atoms with E-state index in [4.69, 9.17) is 0 Å². The highest BCUT2D eigenvalue weighted by molar-refractivity contribution is 5.30. The summed E-state index contributed by atoms with van der Waals surface area (Å²) < 4.78 is 30.7. The number of aryl methyl sites for hydroxylation is 1. The van der Waals surface area contributed by atoms with Gasteiger partial charge in [0.1, 0.15) is 17.9 Å². The molecule has 0 radical (unpaired) electrons. The van der Waals surface area contributed by atoms with Crippen LogP contribution in [0.3, 0.4) is 0 Å². The number of rotatable bonds is 6. The van der Waals surface area contributed by atoms with Crippen LogP contribution in [0.4, 0.5) is 8.78 Å². The van der Waals surface area contributed by atoms with Gasteiger partial charge in [0.25, 0.3) is 0 Å². The second kappa shape index (κ2) is 6.62. The number of nitrogens with zero attached hydrogens (tertiary/aromatic N) is 3. The smallest absolute Gasteiger partial charge is 0.387 e. The number of hydrogen-bond donors (Lipinski definition) is 1. The summed E-state index contributed by atoms with van der Waals surface area (Å²) in [7, 11) is 1.87. The van der Waals surface area contributed by atoms with Crippen molar-refractivity contribution in [2.75, 3.05) is 0 Å². The molecule has 1 heterocycles. The van der Waals surface area contributed by atoms with E-state index in [1.807, 2.05) is 31.5 Å². The van der Waals surface area contributed by atoms with Gasteiger partial charge in [-0.1, -0.05) is 12.1 Å². The standard InChI is InChI=1S/C14H18F2N4O/c1-9(18-10(2)13-19-17-8-20(13)3)11-5-4-6-12(7-11)21-14(15)16/h4-10,14,18H,1-3H3. The minimum atomic E-state index is -2.82. The maximum absolute atomic E-state index is 12.2. The molecule has 2 rings (SSSR count). The first-order chi connectivity index (χ1) is 9.97. The van der Waals surface area contributed by atoms with Gasteiger partial charge in [0.05, 0.1) is 6.04 Å². The third kappa shape index (κ3) is 3.98. The lowest BCUT2D eigenvalue weighted by molar-refractivity contribution is -0.0499. The SMILES string of the molecule is CC(NC(C)c1nncn1C)c1cccc(OC(F)F)c1. The Kier molecular flexibility index (Phi) is 4.85. The zero-order chi connectivity index (χ0) is 15.4. The molecule has 1 aromatic heterocycles. The molecule has 7 heteroatoms. The average Bonchev–Trinajstić information content (AvgIpc) is 2.84. The van der Waals surface area contributed by atoms with E-state index in [-0.39, 0.29) is 17.8 Å². The molecule has 0 saturated heterocycles. The molecule has 2 aromatic rings. The molecule has 0 spiro atoms. The van der Waals surface area contributed by atoms with Crippen molar-refractivity contribution in [3.8, 4) is 5.75 Å². The fourth-order valence-corrected chi connectivity index (χ4v) is 2.19. The molecule has 0 aliphatic carbocycles. The Balaban J connectivity index is 2.06. The minimum Gasteiger partial charge on any atom is -0.435 e. The molecule has 114 valence electrons. The Morgan fingerprint density at radius 2 is 2.00 bits per heavy atom. The van der Waals surface area contributed by atoms with E-state index in [0.29, 0.717) is 0 Å². The first kappa shape index (κ1) is 15.4. The highest BCUT2D eigenvalue weighted by atomic mass is 19.3. The largest absolute Gasteiger partial charge is 0.435 e. The normalized spacial score (nSPS) is 14.2. The molecule has 1 N–H and O–H groups in total. The van der Waals surface area contributed by atoms with Gasteiger partial charge >= 0.3 is 6.61 Å². The van der Waals surface area contributed by atoms with E-state index >= 15 is 0 Å². The maximum atomic E-state index is 12.2. The summed E-state index contributed by atoms with van der Waals surface area (Å²) in [5.41, 5.74) is 0.863. The molecule has 2 atom stereocenters. The van der Waals surface area contributed by atoms with Gasteiger partial charge < -0.3 is 14.6 Å². The van der Waals surface area contributed by atoms with E-state index in [0.717, 1.165) is 11.4 Å². The van der Waals surface area contributed by atoms with Crippen LogP contribution in [0.5, 0.6) is 5.75 Å². The van der Waals surface area contributed by atoms with Crippen molar-refractivity contribution in [3.05, 3.63) is 42.0 Å². The Labute approximate surface area is 121 Å². The predicted octanol–water partition coefficient (Wildman–Crippen LogP) is 2.83. The quantitative estimate of drug-likeness (QED) is 0.890. The number of nitrogens with one attached hydrogen (secondary N) is 1. The molecular formula is C14H18F2N4O. The van der Waals surface area contributed by atoms with Crippen molar-refractivity contribution in [2.45, 2.75) is 32.5 Å². The maximum Gasteiger partial charge on any atom is 0.387 e. The van der Waals surface area contributed by atoms with E-state index < -0.39 is 6.61 Å². The fraction of sp³-hybridized carbons (Fsp3) is 0.429. The third-order valence-electron chi connectivity index (χ3n) is 3.22. The van der Waals surface area contributed by atoms with Crippen LogP contribution in [0.2, 0.25) is 0 Å². The molecule has 0 aliphatic rings. The van der Waals surface area contributed by atoms with Crippen LogP contribution in [0.15, 0.2) is 30.6 Å². The molecule has 2 unspecified atom stereocenters. The molecule has 0 fully saturated rings. The van der Waals surface area contributed by atoms with Crippen molar-refractivity contribution >= 4 is 0 Å². The number of benzene rings is 1. The van der Waals surface area contributed by atoms with Crippen LogP contribution in [-0.4, -0.2) is 21.4 Å². The van der Waals surface area contributed by atoms with Crippen LogP contribution in [0.1, 0.15) is 37.3 Å². The lowest BCUT2D eigenvalue weighted by atomic mass is 10.1. The van der Waals surface area contributed by atoms with Gasteiger partial charge in [-0.3, -0.25) is 0 Å². The summed E-state index contributed by atoms with van der Waals surface area (Å²) in [6.07, 6.45) is 1.63. The van der Waals surface area contributed by atoms with Gasteiger partial charge in [-0.05, 0) is 31.5 Å². The van der Waals surface area contributed by atoms with Gasteiger partial charge in [-0.25, -0.2) is 0 Å². The summed E-state index contributed by atoms with van der Waals surface area (Å²) in [6, 6.07) is 6.60. The van der Waals surface area contributed by atoms with E-state index in [1.165, 1.54) is 6.07 Å². The number of ether oxygens (including phenoxy) is 1.